The first-order valence-corrected chi connectivity index (χ1v) is 8.15. The Bertz CT molecular complexity index is 952. The number of aryl methyl sites for hydroxylation is 1. The molecule has 0 radical (unpaired) electrons. The second-order valence-corrected chi connectivity index (χ2v) is 5.97. The van der Waals surface area contributed by atoms with Crippen LogP contribution in [0.3, 0.4) is 0 Å². The summed E-state index contributed by atoms with van der Waals surface area (Å²) in [5.74, 6) is 0.885. The van der Waals surface area contributed by atoms with Crippen molar-refractivity contribution in [2.45, 2.75) is 13.5 Å². The molecule has 1 aromatic heterocycles. The third kappa shape index (κ3) is 2.79. The lowest BCUT2D eigenvalue weighted by atomic mass is 10.2. The zero-order valence-corrected chi connectivity index (χ0v) is 13.6. The lowest BCUT2D eigenvalue weighted by Gasteiger charge is -2.09. The molecule has 3 aromatic carbocycles. The summed E-state index contributed by atoms with van der Waals surface area (Å²) in [6.45, 7) is 2.74. The molecular weight excluding hydrogens is 294 g/mol. The normalized spacial score (nSPS) is 10.9. The zero-order valence-electron chi connectivity index (χ0n) is 13.6. The summed E-state index contributed by atoms with van der Waals surface area (Å²) in [6.07, 6.45) is 2.19. The molecule has 2 nitrogen and oxygen atoms in total. The largest absolute Gasteiger partial charge is 0.489 e. The molecule has 1 heterocycles. The maximum absolute atomic E-state index is 5.87. The van der Waals surface area contributed by atoms with Gasteiger partial charge in [-0.05, 0) is 48.4 Å². The summed E-state index contributed by atoms with van der Waals surface area (Å²) in [4.78, 5) is 0. The molecule has 0 aliphatic heterocycles. The minimum Gasteiger partial charge on any atom is -0.489 e. The van der Waals surface area contributed by atoms with Crippen molar-refractivity contribution >= 4 is 10.9 Å². The number of benzene rings is 3. The van der Waals surface area contributed by atoms with Crippen LogP contribution in [0.5, 0.6) is 5.75 Å². The smallest absolute Gasteiger partial charge is 0.119 e. The topological polar surface area (TPSA) is 14.2 Å². The van der Waals surface area contributed by atoms with E-state index in [0.29, 0.717) is 6.61 Å². The molecule has 0 aliphatic rings. The Hall–Kier alpha value is -3.00. The predicted octanol–water partition coefficient (Wildman–Crippen LogP) is 5.52. The fourth-order valence-electron chi connectivity index (χ4n) is 3.01. The summed E-state index contributed by atoms with van der Waals surface area (Å²) in [7, 11) is 0. The van der Waals surface area contributed by atoms with Gasteiger partial charge in [0.05, 0.1) is 5.52 Å². The highest BCUT2D eigenvalue weighted by Gasteiger charge is 2.06. The van der Waals surface area contributed by atoms with E-state index in [0.717, 1.165) is 11.4 Å². The maximum Gasteiger partial charge on any atom is 0.119 e. The van der Waals surface area contributed by atoms with Crippen molar-refractivity contribution in [1.82, 2.24) is 4.57 Å². The number of hydrogen-bond acceptors (Lipinski definition) is 1. The first kappa shape index (κ1) is 14.6. The van der Waals surface area contributed by atoms with E-state index in [1.165, 1.54) is 22.0 Å². The molecule has 0 fully saturated rings. The van der Waals surface area contributed by atoms with Gasteiger partial charge in [0.25, 0.3) is 0 Å². The van der Waals surface area contributed by atoms with Crippen LogP contribution in [-0.4, -0.2) is 4.57 Å². The second-order valence-electron chi connectivity index (χ2n) is 5.97. The lowest BCUT2D eigenvalue weighted by Crippen LogP contribution is -1.96. The maximum atomic E-state index is 5.87. The average molecular weight is 313 g/mol. The Morgan fingerprint density at radius 3 is 2.29 bits per heavy atom. The number of rotatable bonds is 4. The summed E-state index contributed by atoms with van der Waals surface area (Å²) >= 11 is 0. The van der Waals surface area contributed by atoms with Crippen molar-refractivity contribution in [3.63, 3.8) is 0 Å². The van der Waals surface area contributed by atoms with Crippen LogP contribution in [-0.2, 0) is 6.61 Å². The highest BCUT2D eigenvalue weighted by molar-refractivity contribution is 5.85. The van der Waals surface area contributed by atoms with Gasteiger partial charge in [0, 0.05) is 17.3 Å². The van der Waals surface area contributed by atoms with Gasteiger partial charge in [-0.3, -0.25) is 0 Å². The molecule has 0 saturated heterocycles. The Labute approximate surface area is 141 Å². The SMILES string of the molecule is Cc1cn(-c2ccc(OCc3ccccc3)cc2)c2ccccc12. The molecule has 0 aliphatic carbocycles. The molecule has 0 spiro atoms. The molecule has 2 heteroatoms. The first-order chi connectivity index (χ1) is 11.8. The van der Waals surface area contributed by atoms with Gasteiger partial charge in [0.1, 0.15) is 12.4 Å². The van der Waals surface area contributed by atoms with Gasteiger partial charge < -0.3 is 9.30 Å². The van der Waals surface area contributed by atoms with Crippen LogP contribution in [0.1, 0.15) is 11.1 Å². The minimum atomic E-state index is 0.589. The summed E-state index contributed by atoms with van der Waals surface area (Å²) in [6, 6.07) is 27.0. The van der Waals surface area contributed by atoms with Crippen LogP contribution in [0, 0.1) is 6.92 Å². The lowest BCUT2D eigenvalue weighted by molar-refractivity contribution is 0.306. The van der Waals surface area contributed by atoms with Crippen LogP contribution < -0.4 is 4.74 Å². The Kier molecular flexibility index (Phi) is 3.80. The molecule has 118 valence electrons. The predicted molar refractivity (Wildman–Crippen MR) is 98.8 cm³/mol. The molecule has 0 saturated carbocycles. The molecule has 0 atom stereocenters. The van der Waals surface area contributed by atoms with E-state index in [9.17, 15) is 0 Å². The molecule has 24 heavy (non-hydrogen) atoms. The van der Waals surface area contributed by atoms with Crippen molar-refractivity contribution in [3.05, 3.63) is 96.2 Å². The quantitative estimate of drug-likeness (QED) is 0.484. The summed E-state index contributed by atoms with van der Waals surface area (Å²) in [5, 5.41) is 1.29. The zero-order chi connectivity index (χ0) is 16.4. The van der Waals surface area contributed by atoms with E-state index in [1.807, 2.05) is 30.3 Å². The Balaban J connectivity index is 1.57. The highest BCUT2D eigenvalue weighted by atomic mass is 16.5. The third-order valence-electron chi connectivity index (χ3n) is 4.27. The molecular formula is C22H19NO. The molecule has 0 bridgehead atoms. The van der Waals surface area contributed by atoms with Gasteiger partial charge in [-0.25, -0.2) is 0 Å². The van der Waals surface area contributed by atoms with Crippen molar-refractivity contribution < 1.29 is 4.74 Å². The van der Waals surface area contributed by atoms with Crippen LogP contribution in [0.4, 0.5) is 0 Å². The number of fused-ring (bicyclic) bond motifs is 1. The molecule has 0 N–H and O–H groups in total. The van der Waals surface area contributed by atoms with Crippen LogP contribution in [0.15, 0.2) is 85.1 Å². The van der Waals surface area contributed by atoms with E-state index in [2.05, 4.69) is 66.2 Å². The van der Waals surface area contributed by atoms with Crippen molar-refractivity contribution in [3.8, 4) is 11.4 Å². The fourth-order valence-corrected chi connectivity index (χ4v) is 3.01. The molecule has 4 aromatic rings. The average Bonchev–Trinajstić information content (AvgIpc) is 2.99. The fraction of sp³-hybridized carbons (Fsp3) is 0.0909. The number of nitrogens with zero attached hydrogens (tertiary/aromatic N) is 1. The second kappa shape index (κ2) is 6.25. The van der Waals surface area contributed by atoms with E-state index < -0.39 is 0 Å². The first-order valence-electron chi connectivity index (χ1n) is 8.15. The van der Waals surface area contributed by atoms with Crippen molar-refractivity contribution in [2.75, 3.05) is 0 Å². The Morgan fingerprint density at radius 2 is 1.50 bits per heavy atom. The van der Waals surface area contributed by atoms with Gasteiger partial charge in [-0.1, -0.05) is 48.5 Å². The molecule has 0 amide bonds. The highest BCUT2D eigenvalue weighted by Crippen LogP contribution is 2.25. The van der Waals surface area contributed by atoms with Crippen LogP contribution in [0.2, 0.25) is 0 Å². The van der Waals surface area contributed by atoms with Gasteiger partial charge in [0.15, 0.2) is 0 Å². The van der Waals surface area contributed by atoms with Gasteiger partial charge in [-0.2, -0.15) is 0 Å². The monoisotopic (exact) mass is 313 g/mol. The van der Waals surface area contributed by atoms with Gasteiger partial charge >= 0.3 is 0 Å². The standard InChI is InChI=1S/C22H19NO/c1-17-15-23(22-10-6-5-9-21(17)22)19-11-13-20(14-12-19)24-16-18-7-3-2-4-8-18/h2-15H,16H2,1H3. The number of aromatic nitrogens is 1. The van der Waals surface area contributed by atoms with E-state index in [1.54, 1.807) is 0 Å². The van der Waals surface area contributed by atoms with Crippen LogP contribution >= 0.6 is 0 Å². The third-order valence-corrected chi connectivity index (χ3v) is 4.27. The number of ether oxygens (including phenoxy) is 1. The summed E-state index contributed by atoms with van der Waals surface area (Å²) < 4.78 is 8.09. The van der Waals surface area contributed by atoms with Crippen molar-refractivity contribution in [2.24, 2.45) is 0 Å². The Morgan fingerprint density at radius 1 is 0.792 bits per heavy atom. The van der Waals surface area contributed by atoms with Gasteiger partial charge in [0.2, 0.25) is 0 Å². The number of para-hydroxylation sites is 1. The van der Waals surface area contributed by atoms with E-state index >= 15 is 0 Å². The van der Waals surface area contributed by atoms with Gasteiger partial charge in [-0.15, -0.1) is 0 Å². The van der Waals surface area contributed by atoms with E-state index in [-0.39, 0.29) is 0 Å². The molecule has 4 rings (SSSR count). The van der Waals surface area contributed by atoms with E-state index in [4.69, 9.17) is 4.74 Å². The van der Waals surface area contributed by atoms with Crippen LogP contribution in [0.25, 0.3) is 16.6 Å². The van der Waals surface area contributed by atoms with Crippen molar-refractivity contribution in [1.29, 1.82) is 0 Å². The molecule has 0 unspecified atom stereocenters. The number of hydrogen-bond donors (Lipinski definition) is 0. The minimum absolute atomic E-state index is 0.589. The summed E-state index contributed by atoms with van der Waals surface area (Å²) in [5.41, 5.74) is 4.84.